The third kappa shape index (κ3) is 3.32. The summed E-state index contributed by atoms with van der Waals surface area (Å²) < 4.78 is 0. The summed E-state index contributed by atoms with van der Waals surface area (Å²) in [5.74, 6) is 0.623. The maximum Gasteiger partial charge on any atom is 0.228 e. The van der Waals surface area contributed by atoms with Crippen LogP contribution in [0.4, 0.5) is 0 Å². The van der Waals surface area contributed by atoms with Gasteiger partial charge in [-0.15, -0.1) is 0 Å². The molecule has 1 amide bonds. The van der Waals surface area contributed by atoms with Crippen LogP contribution in [-0.2, 0) is 11.2 Å². The van der Waals surface area contributed by atoms with Crippen molar-refractivity contribution < 1.29 is 4.79 Å². The van der Waals surface area contributed by atoms with Crippen molar-refractivity contribution >= 4 is 5.91 Å². The molecule has 4 heteroatoms. The average Bonchev–Trinajstić information content (AvgIpc) is 2.42. The lowest BCUT2D eigenvalue weighted by atomic mass is 9.93. The number of hydrogen-bond donors (Lipinski definition) is 1. The van der Waals surface area contributed by atoms with Crippen LogP contribution in [0.25, 0.3) is 0 Å². The molecular weight excluding hydrogens is 238 g/mol. The van der Waals surface area contributed by atoms with Crippen molar-refractivity contribution in [2.24, 2.45) is 11.7 Å². The van der Waals surface area contributed by atoms with Gasteiger partial charge in [0.25, 0.3) is 0 Å². The highest BCUT2D eigenvalue weighted by Crippen LogP contribution is 2.22. The zero-order valence-electron chi connectivity index (χ0n) is 11.8. The van der Waals surface area contributed by atoms with E-state index in [1.54, 1.807) is 6.20 Å². The Morgan fingerprint density at radius 2 is 2.32 bits per heavy atom. The maximum atomic E-state index is 12.4. The van der Waals surface area contributed by atoms with Crippen molar-refractivity contribution in [1.82, 2.24) is 9.88 Å². The van der Waals surface area contributed by atoms with Gasteiger partial charge < -0.3 is 10.6 Å². The Morgan fingerprint density at radius 3 is 3.00 bits per heavy atom. The fourth-order valence-corrected chi connectivity index (χ4v) is 2.67. The van der Waals surface area contributed by atoms with Crippen molar-refractivity contribution in [3.05, 3.63) is 29.6 Å². The molecule has 0 aromatic carbocycles. The monoisotopic (exact) mass is 261 g/mol. The molecule has 1 aromatic heterocycles. The molecule has 1 saturated heterocycles. The Hall–Kier alpha value is -1.42. The van der Waals surface area contributed by atoms with Crippen molar-refractivity contribution in [2.45, 2.75) is 39.2 Å². The summed E-state index contributed by atoms with van der Waals surface area (Å²) in [4.78, 5) is 18.7. The van der Waals surface area contributed by atoms with E-state index in [1.165, 1.54) is 0 Å². The molecule has 2 unspecified atom stereocenters. The third-order valence-electron chi connectivity index (χ3n) is 4.07. The molecule has 4 nitrogen and oxygen atoms in total. The second-order valence-electron chi connectivity index (χ2n) is 5.52. The van der Waals surface area contributed by atoms with Gasteiger partial charge in [0, 0.05) is 18.8 Å². The quantitative estimate of drug-likeness (QED) is 0.897. The number of carbonyl (C=O) groups excluding carboxylic acids is 1. The normalized spacial score (nSPS) is 23.4. The first-order valence-electron chi connectivity index (χ1n) is 7.02. The largest absolute Gasteiger partial charge is 0.339 e. The lowest BCUT2D eigenvalue weighted by molar-refractivity contribution is -0.134. The van der Waals surface area contributed by atoms with Gasteiger partial charge in [-0.2, -0.15) is 0 Å². The molecular formula is C15H23N3O. The van der Waals surface area contributed by atoms with Crippen LogP contribution in [0.5, 0.6) is 0 Å². The molecule has 2 rings (SSSR count). The number of nitrogens with zero attached hydrogens (tertiary/aromatic N) is 2. The number of aryl methyl sites for hydroxylation is 1. The molecule has 0 radical (unpaired) electrons. The second-order valence-corrected chi connectivity index (χ2v) is 5.52. The van der Waals surface area contributed by atoms with Gasteiger partial charge in [-0.1, -0.05) is 6.07 Å². The van der Waals surface area contributed by atoms with E-state index >= 15 is 0 Å². The first-order valence-corrected chi connectivity index (χ1v) is 7.02. The van der Waals surface area contributed by atoms with Gasteiger partial charge in [-0.3, -0.25) is 9.78 Å². The number of nitrogens with two attached hydrogens (primary N) is 1. The molecule has 2 atom stereocenters. The van der Waals surface area contributed by atoms with E-state index in [2.05, 4.69) is 11.9 Å². The molecule has 1 aliphatic rings. The summed E-state index contributed by atoms with van der Waals surface area (Å²) in [6.45, 7) is 5.58. The maximum absolute atomic E-state index is 12.4. The summed E-state index contributed by atoms with van der Waals surface area (Å²) in [6, 6.07) is 4.22. The molecule has 0 spiro atoms. The summed E-state index contributed by atoms with van der Waals surface area (Å²) in [7, 11) is 0. The van der Waals surface area contributed by atoms with Crippen LogP contribution in [-0.4, -0.2) is 34.9 Å². The number of amides is 1. The smallest absolute Gasteiger partial charge is 0.228 e. The predicted molar refractivity (Wildman–Crippen MR) is 75.6 cm³/mol. The summed E-state index contributed by atoms with van der Waals surface area (Å²) in [5.41, 5.74) is 7.70. The molecule has 0 aliphatic carbocycles. The van der Waals surface area contributed by atoms with Gasteiger partial charge in [0.2, 0.25) is 5.91 Å². The van der Waals surface area contributed by atoms with E-state index in [0.29, 0.717) is 24.9 Å². The van der Waals surface area contributed by atoms with Gasteiger partial charge in [-0.25, -0.2) is 0 Å². The molecule has 2 heterocycles. The van der Waals surface area contributed by atoms with Crippen molar-refractivity contribution in [1.29, 1.82) is 0 Å². The second kappa shape index (κ2) is 6.15. The molecule has 0 saturated carbocycles. The van der Waals surface area contributed by atoms with Crippen LogP contribution < -0.4 is 5.73 Å². The van der Waals surface area contributed by atoms with Crippen LogP contribution in [0.15, 0.2) is 18.3 Å². The Kier molecular flexibility index (Phi) is 4.53. The first-order chi connectivity index (χ1) is 9.11. The number of piperidine rings is 1. The van der Waals surface area contributed by atoms with E-state index in [-0.39, 0.29) is 5.91 Å². The van der Waals surface area contributed by atoms with E-state index in [9.17, 15) is 4.79 Å². The fraction of sp³-hybridized carbons (Fsp3) is 0.600. The molecule has 1 fully saturated rings. The highest BCUT2D eigenvalue weighted by atomic mass is 16.2. The van der Waals surface area contributed by atoms with Gasteiger partial charge in [-0.05, 0) is 50.8 Å². The van der Waals surface area contributed by atoms with Gasteiger partial charge >= 0.3 is 0 Å². The van der Waals surface area contributed by atoms with Crippen molar-refractivity contribution in [3.8, 4) is 0 Å². The van der Waals surface area contributed by atoms with Crippen LogP contribution in [0.3, 0.4) is 0 Å². The number of pyridine rings is 1. The van der Waals surface area contributed by atoms with E-state index in [4.69, 9.17) is 5.73 Å². The van der Waals surface area contributed by atoms with Gasteiger partial charge in [0.15, 0.2) is 0 Å². The van der Waals surface area contributed by atoms with E-state index < -0.39 is 0 Å². The van der Waals surface area contributed by atoms with E-state index in [1.807, 2.05) is 24.0 Å². The Labute approximate surface area is 115 Å². The Balaban J connectivity index is 2.04. The molecule has 1 aliphatic heterocycles. The number of hydrogen-bond acceptors (Lipinski definition) is 3. The molecule has 2 N–H and O–H groups in total. The third-order valence-corrected chi connectivity index (χ3v) is 4.07. The SMILES string of the molecule is Cc1cccnc1CC(=O)N1CC(CN)CCC1C. The fourth-order valence-electron chi connectivity index (χ4n) is 2.67. The molecule has 1 aromatic rings. The molecule has 19 heavy (non-hydrogen) atoms. The molecule has 104 valence electrons. The zero-order valence-corrected chi connectivity index (χ0v) is 11.8. The van der Waals surface area contributed by atoms with Crippen LogP contribution in [0.1, 0.15) is 31.0 Å². The first kappa shape index (κ1) is 14.0. The number of carbonyl (C=O) groups is 1. The Morgan fingerprint density at radius 1 is 1.53 bits per heavy atom. The van der Waals surface area contributed by atoms with Gasteiger partial charge in [0.05, 0.1) is 12.1 Å². The highest BCUT2D eigenvalue weighted by Gasteiger charge is 2.28. The number of rotatable bonds is 3. The van der Waals surface area contributed by atoms with Crippen molar-refractivity contribution in [2.75, 3.05) is 13.1 Å². The zero-order chi connectivity index (χ0) is 13.8. The minimum Gasteiger partial charge on any atom is -0.339 e. The molecule has 0 bridgehead atoms. The summed E-state index contributed by atoms with van der Waals surface area (Å²) in [6.07, 6.45) is 4.32. The van der Waals surface area contributed by atoms with Crippen LogP contribution in [0, 0.1) is 12.8 Å². The average molecular weight is 261 g/mol. The minimum atomic E-state index is 0.174. The van der Waals surface area contributed by atoms with E-state index in [0.717, 1.165) is 30.6 Å². The highest BCUT2D eigenvalue weighted by molar-refractivity contribution is 5.79. The number of likely N-dealkylation sites (tertiary alicyclic amines) is 1. The van der Waals surface area contributed by atoms with Crippen molar-refractivity contribution in [3.63, 3.8) is 0 Å². The number of aromatic nitrogens is 1. The standard InChI is InChI=1S/C15H23N3O/c1-11-4-3-7-17-14(11)8-15(19)18-10-13(9-16)6-5-12(18)2/h3-4,7,12-13H,5-6,8-10,16H2,1-2H3. The Bertz CT molecular complexity index is 447. The summed E-state index contributed by atoms with van der Waals surface area (Å²) in [5, 5.41) is 0. The van der Waals surface area contributed by atoms with Gasteiger partial charge in [0.1, 0.15) is 0 Å². The van der Waals surface area contributed by atoms with Crippen LogP contribution in [0.2, 0.25) is 0 Å². The lowest BCUT2D eigenvalue weighted by Crippen LogP contribution is -2.47. The topological polar surface area (TPSA) is 59.2 Å². The summed E-state index contributed by atoms with van der Waals surface area (Å²) >= 11 is 0. The predicted octanol–water partition coefficient (Wildman–Crippen LogP) is 1.52. The lowest BCUT2D eigenvalue weighted by Gasteiger charge is -2.37. The minimum absolute atomic E-state index is 0.174. The van der Waals surface area contributed by atoms with Crippen LogP contribution >= 0.6 is 0 Å².